The third-order valence-electron chi connectivity index (χ3n) is 4.95. The van der Waals surface area contributed by atoms with E-state index >= 15 is 0 Å². The standard InChI is InChI=1S/C22H28N2O/c1-16-9-11-20(12-10-16)23-22(25)21(19-7-5-4-6-8-19)24-14-17(2)13-18(3)15-24/h4-12,17-18,21H,13-15H2,1-3H3,(H,23,25)/t17-,18-,21+/m0/s1. The summed E-state index contributed by atoms with van der Waals surface area (Å²) in [6.45, 7) is 8.54. The fourth-order valence-electron chi connectivity index (χ4n) is 3.93. The second kappa shape index (κ2) is 7.83. The van der Waals surface area contributed by atoms with Gasteiger partial charge in [-0.25, -0.2) is 0 Å². The topological polar surface area (TPSA) is 32.3 Å². The molecule has 132 valence electrons. The van der Waals surface area contributed by atoms with Gasteiger partial charge >= 0.3 is 0 Å². The first-order valence-electron chi connectivity index (χ1n) is 9.19. The summed E-state index contributed by atoms with van der Waals surface area (Å²) in [7, 11) is 0. The van der Waals surface area contributed by atoms with E-state index in [-0.39, 0.29) is 11.9 Å². The molecule has 0 aliphatic carbocycles. The van der Waals surface area contributed by atoms with Gasteiger partial charge in [-0.1, -0.05) is 61.9 Å². The molecule has 0 radical (unpaired) electrons. The highest BCUT2D eigenvalue weighted by molar-refractivity contribution is 5.95. The van der Waals surface area contributed by atoms with Crippen molar-refractivity contribution >= 4 is 11.6 Å². The van der Waals surface area contributed by atoms with Crippen LogP contribution in [0.2, 0.25) is 0 Å². The zero-order chi connectivity index (χ0) is 17.8. The molecule has 1 N–H and O–H groups in total. The number of rotatable bonds is 4. The number of amides is 1. The van der Waals surface area contributed by atoms with Crippen molar-refractivity contribution in [3.05, 3.63) is 65.7 Å². The molecule has 1 heterocycles. The number of anilines is 1. The van der Waals surface area contributed by atoms with Crippen LogP contribution in [-0.4, -0.2) is 23.9 Å². The first kappa shape index (κ1) is 17.7. The van der Waals surface area contributed by atoms with E-state index in [1.807, 2.05) is 42.5 Å². The van der Waals surface area contributed by atoms with Crippen molar-refractivity contribution in [1.82, 2.24) is 4.90 Å². The summed E-state index contributed by atoms with van der Waals surface area (Å²) in [5.41, 5.74) is 3.11. The fourth-order valence-corrected chi connectivity index (χ4v) is 3.93. The first-order chi connectivity index (χ1) is 12.0. The molecule has 1 aliphatic heterocycles. The van der Waals surface area contributed by atoms with Crippen molar-refractivity contribution in [3.63, 3.8) is 0 Å². The van der Waals surface area contributed by atoms with E-state index in [1.165, 1.54) is 12.0 Å². The molecule has 0 saturated carbocycles. The Balaban J connectivity index is 1.85. The molecule has 3 atom stereocenters. The molecule has 3 rings (SSSR count). The lowest BCUT2D eigenvalue weighted by Crippen LogP contribution is -2.45. The summed E-state index contributed by atoms with van der Waals surface area (Å²) in [4.78, 5) is 15.5. The summed E-state index contributed by atoms with van der Waals surface area (Å²) >= 11 is 0. The largest absolute Gasteiger partial charge is 0.324 e. The number of piperidine rings is 1. The van der Waals surface area contributed by atoms with E-state index < -0.39 is 0 Å². The van der Waals surface area contributed by atoms with E-state index in [0.29, 0.717) is 11.8 Å². The summed E-state index contributed by atoms with van der Waals surface area (Å²) in [5, 5.41) is 3.11. The minimum atomic E-state index is -0.243. The van der Waals surface area contributed by atoms with Crippen molar-refractivity contribution < 1.29 is 4.79 Å². The maximum Gasteiger partial charge on any atom is 0.246 e. The lowest BCUT2D eigenvalue weighted by Gasteiger charge is -2.39. The number of carbonyl (C=O) groups excluding carboxylic acids is 1. The minimum absolute atomic E-state index is 0.0522. The predicted molar refractivity (Wildman–Crippen MR) is 104 cm³/mol. The smallest absolute Gasteiger partial charge is 0.246 e. The number of nitrogens with zero attached hydrogens (tertiary/aromatic N) is 1. The van der Waals surface area contributed by atoms with Crippen LogP contribution in [0.4, 0.5) is 5.69 Å². The van der Waals surface area contributed by atoms with Crippen LogP contribution in [0, 0.1) is 18.8 Å². The fraction of sp³-hybridized carbons (Fsp3) is 0.409. The van der Waals surface area contributed by atoms with E-state index in [4.69, 9.17) is 0 Å². The number of benzene rings is 2. The number of hydrogen-bond donors (Lipinski definition) is 1. The molecule has 1 aliphatic rings. The third kappa shape index (κ3) is 4.49. The van der Waals surface area contributed by atoms with Crippen molar-refractivity contribution in [2.45, 2.75) is 33.2 Å². The van der Waals surface area contributed by atoms with Crippen molar-refractivity contribution in [3.8, 4) is 0 Å². The lowest BCUT2D eigenvalue weighted by molar-refractivity contribution is -0.122. The third-order valence-corrected chi connectivity index (χ3v) is 4.95. The molecule has 3 nitrogen and oxygen atoms in total. The van der Waals surface area contributed by atoms with Gasteiger partial charge in [0, 0.05) is 18.8 Å². The van der Waals surface area contributed by atoms with Gasteiger partial charge < -0.3 is 5.32 Å². The van der Waals surface area contributed by atoms with Gasteiger partial charge in [-0.2, -0.15) is 0 Å². The number of likely N-dealkylation sites (tertiary alicyclic amines) is 1. The Kier molecular flexibility index (Phi) is 5.54. The Morgan fingerprint density at radius 2 is 1.60 bits per heavy atom. The van der Waals surface area contributed by atoms with E-state index in [1.54, 1.807) is 0 Å². The van der Waals surface area contributed by atoms with Crippen molar-refractivity contribution in [2.75, 3.05) is 18.4 Å². The second-order valence-electron chi connectivity index (χ2n) is 7.57. The second-order valence-corrected chi connectivity index (χ2v) is 7.57. The summed E-state index contributed by atoms with van der Waals surface area (Å²) in [6.07, 6.45) is 1.23. The molecule has 3 heteroatoms. The lowest BCUT2D eigenvalue weighted by atomic mass is 9.89. The molecular weight excluding hydrogens is 308 g/mol. The van der Waals surface area contributed by atoms with Crippen LogP contribution in [0.25, 0.3) is 0 Å². The summed E-state index contributed by atoms with van der Waals surface area (Å²) in [6, 6.07) is 17.9. The van der Waals surface area contributed by atoms with Crippen molar-refractivity contribution in [2.24, 2.45) is 11.8 Å². The average molecular weight is 336 g/mol. The van der Waals surface area contributed by atoms with Gasteiger partial charge in [0.05, 0.1) is 0 Å². The van der Waals surface area contributed by atoms with Gasteiger partial charge in [-0.15, -0.1) is 0 Å². The highest BCUT2D eigenvalue weighted by atomic mass is 16.2. The molecule has 0 spiro atoms. The molecule has 25 heavy (non-hydrogen) atoms. The Labute approximate surface area is 151 Å². The molecule has 0 unspecified atom stereocenters. The average Bonchev–Trinajstić information content (AvgIpc) is 2.57. The van der Waals surface area contributed by atoms with Gasteiger partial charge in [0.2, 0.25) is 5.91 Å². The molecule has 1 amide bonds. The zero-order valence-corrected chi connectivity index (χ0v) is 15.4. The Hall–Kier alpha value is -2.13. The van der Waals surface area contributed by atoms with Gasteiger partial charge in [0.15, 0.2) is 0 Å². The maximum atomic E-state index is 13.2. The first-order valence-corrected chi connectivity index (χ1v) is 9.19. The van der Waals surface area contributed by atoms with E-state index in [0.717, 1.165) is 24.3 Å². The monoisotopic (exact) mass is 336 g/mol. The molecule has 0 bridgehead atoms. The predicted octanol–water partition coefficient (Wildman–Crippen LogP) is 4.65. The van der Waals surface area contributed by atoms with Crippen LogP contribution in [0.1, 0.15) is 37.4 Å². The Morgan fingerprint density at radius 3 is 2.20 bits per heavy atom. The highest BCUT2D eigenvalue weighted by Crippen LogP contribution is 2.30. The van der Waals surface area contributed by atoms with Crippen LogP contribution in [0.5, 0.6) is 0 Å². The summed E-state index contributed by atoms with van der Waals surface area (Å²) in [5.74, 6) is 1.28. The molecule has 1 saturated heterocycles. The Bertz CT molecular complexity index is 686. The zero-order valence-electron chi connectivity index (χ0n) is 15.4. The quantitative estimate of drug-likeness (QED) is 0.881. The van der Waals surface area contributed by atoms with Crippen LogP contribution < -0.4 is 5.32 Å². The molecule has 2 aromatic rings. The van der Waals surface area contributed by atoms with Gasteiger partial charge in [0.25, 0.3) is 0 Å². The number of hydrogen-bond acceptors (Lipinski definition) is 2. The maximum absolute atomic E-state index is 13.2. The van der Waals surface area contributed by atoms with Gasteiger partial charge in [-0.05, 0) is 42.9 Å². The van der Waals surface area contributed by atoms with E-state index in [2.05, 4.69) is 43.1 Å². The highest BCUT2D eigenvalue weighted by Gasteiger charge is 2.32. The van der Waals surface area contributed by atoms with Crippen LogP contribution in [0.3, 0.4) is 0 Å². The van der Waals surface area contributed by atoms with Gasteiger partial charge in [0.1, 0.15) is 6.04 Å². The normalized spacial score (nSPS) is 22.4. The molecular formula is C22H28N2O. The van der Waals surface area contributed by atoms with Crippen LogP contribution in [-0.2, 0) is 4.79 Å². The SMILES string of the molecule is Cc1ccc(NC(=O)[C@@H](c2ccccc2)N2C[C@@H](C)C[C@H](C)C2)cc1. The molecule has 0 aromatic heterocycles. The number of carbonyl (C=O) groups is 1. The molecule has 2 aromatic carbocycles. The van der Waals surface area contributed by atoms with Gasteiger partial charge in [-0.3, -0.25) is 9.69 Å². The summed E-state index contributed by atoms with van der Waals surface area (Å²) < 4.78 is 0. The number of aryl methyl sites for hydroxylation is 1. The Morgan fingerprint density at radius 1 is 1.00 bits per heavy atom. The van der Waals surface area contributed by atoms with Crippen molar-refractivity contribution in [1.29, 1.82) is 0 Å². The van der Waals surface area contributed by atoms with Crippen LogP contribution in [0.15, 0.2) is 54.6 Å². The van der Waals surface area contributed by atoms with Crippen LogP contribution >= 0.6 is 0 Å². The number of nitrogens with one attached hydrogen (secondary N) is 1. The molecule has 1 fully saturated rings. The van der Waals surface area contributed by atoms with E-state index in [9.17, 15) is 4.79 Å². The minimum Gasteiger partial charge on any atom is -0.324 e.